The first-order valence-electron chi connectivity index (χ1n) is 42.7. The Morgan fingerprint density at radius 2 is 0.437 bits per heavy atom. The van der Waals surface area contributed by atoms with E-state index in [1.165, 1.54) is 44.5 Å². The Labute approximate surface area is 741 Å². The van der Waals surface area contributed by atoms with Gasteiger partial charge >= 0.3 is 0 Å². The third-order valence-electron chi connectivity index (χ3n) is 23.5. The van der Waals surface area contributed by atoms with Crippen molar-refractivity contribution in [2.24, 2.45) is 0 Å². The van der Waals surface area contributed by atoms with Crippen molar-refractivity contribution in [3.8, 4) is 90.5 Å². The summed E-state index contributed by atoms with van der Waals surface area (Å²) in [6, 6.07) is 148. The molecule has 2 aliphatic rings. The van der Waals surface area contributed by atoms with Gasteiger partial charge < -0.3 is 38.5 Å². The highest BCUT2D eigenvalue weighted by Gasteiger charge is 2.44. The molecule has 0 fully saturated rings. The van der Waals surface area contributed by atoms with Crippen LogP contribution < -0.4 is 54.9 Å². The van der Waals surface area contributed by atoms with Gasteiger partial charge in [-0.3, -0.25) is 0 Å². The lowest BCUT2D eigenvalue weighted by molar-refractivity contribution is 0.463. The van der Waals surface area contributed by atoms with E-state index in [2.05, 4.69) is 463 Å². The molecule has 8 nitrogen and oxygen atoms in total. The molecular weight excluding hydrogens is 1540 g/mol. The van der Waals surface area contributed by atoms with Gasteiger partial charge in [-0.05, 0) is 234 Å². The van der Waals surface area contributed by atoms with Crippen molar-refractivity contribution in [2.75, 3.05) is 19.6 Å². The number of aryl methyl sites for hydroxylation is 8. The van der Waals surface area contributed by atoms with Crippen LogP contribution in [0.3, 0.4) is 0 Å². The average molecular weight is 1630 g/mol. The molecule has 0 aromatic heterocycles. The molecular formula is C117H97BN4O4. The molecule has 9 heteroatoms. The third-order valence-corrected chi connectivity index (χ3v) is 23.5. The van der Waals surface area contributed by atoms with E-state index in [0.29, 0.717) is 23.0 Å². The van der Waals surface area contributed by atoms with E-state index in [0.717, 1.165) is 152 Å². The van der Waals surface area contributed by atoms with Crippen molar-refractivity contribution >= 4 is 91.3 Å². The Balaban J connectivity index is 0.000000170. The van der Waals surface area contributed by atoms with Crippen LogP contribution in [0.5, 0.6) is 46.0 Å². The van der Waals surface area contributed by atoms with Gasteiger partial charge in [-0.2, -0.15) is 0 Å². The molecule has 126 heavy (non-hydrogen) atoms. The lowest BCUT2D eigenvalue weighted by Gasteiger charge is -2.37. The first kappa shape index (κ1) is 81.4. The minimum Gasteiger partial charge on any atom is -0.458 e. The van der Waals surface area contributed by atoms with Crippen LogP contribution >= 0.6 is 0 Å². The maximum Gasteiger partial charge on any atom is 0.260 e. The Kier molecular flexibility index (Phi) is 23.2. The fourth-order valence-corrected chi connectivity index (χ4v) is 16.9. The third kappa shape index (κ3) is 17.1. The molecule has 0 amide bonds. The highest BCUT2D eigenvalue weighted by Crippen LogP contribution is 2.51. The Hall–Kier alpha value is -15.6. The fraction of sp³-hybridized carbons (Fsp3) is 0.0769. The number of fused-ring (bicyclic) bond motifs is 4. The Morgan fingerprint density at radius 1 is 0.206 bits per heavy atom. The quantitative estimate of drug-likeness (QED) is 0.0700. The Bertz CT molecular complexity index is 6290. The van der Waals surface area contributed by atoms with Crippen LogP contribution in [0.15, 0.2) is 419 Å². The van der Waals surface area contributed by atoms with Crippen LogP contribution in [-0.2, 0) is 0 Å². The second kappa shape index (κ2) is 35.9. The summed E-state index contributed by atoms with van der Waals surface area (Å²) < 4.78 is 28.6. The largest absolute Gasteiger partial charge is 0.458 e. The first-order chi connectivity index (χ1) is 61.2. The van der Waals surface area contributed by atoms with E-state index >= 15 is 0 Å². The summed E-state index contributed by atoms with van der Waals surface area (Å²) in [4.78, 5) is 9.16. The molecule has 0 radical (unpaired) electrons. The molecule has 0 N–H and O–H groups in total. The second-order valence-electron chi connectivity index (χ2n) is 32.7. The topological polar surface area (TPSA) is 49.9 Å². The number of nitrogens with zero attached hydrogens (tertiary/aromatic N) is 4. The molecule has 2 aliphatic heterocycles. The standard InChI is InChI=1S/C58H45BN2O2.C58H48N2O2.CH4/c1-38-15-23-44(24-16-38)60(45-25-17-39(2)18-26-45)48-31-33-52-54(35-48)62-57-50(42-11-7-5-8-12-42)37-51(43-13-9-6-10-14-43)58-56(57)59(52)53-34-32-49(36-55(53)63-58)61(46-27-19-40(3)20-28-46)47-29-21-41(4)22-30-47;1-41-21-29-47(30-22-41)59(48-31-23-42(2)24-32-48)51-17-11-19-53(37-51)61-57-40-58(56(46-15-9-6-10-16-46)39-55(57)45-13-7-5-8-14-45)62-54-20-12-18-52(38-54)60(49-33-25-43(3)26-34-49)50-35-27-44(4)28-36-50;/h5-37H,1-4H3;5-40H,1-4H3;1H4. The summed E-state index contributed by atoms with van der Waals surface area (Å²) >= 11 is 0. The lowest BCUT2D eigenvalue weighted by atomic mass is 9.34. The second-order valence-corrected chi connectivity index (χ2v) is 32.7. The van der Waals surface area contributed by atoms with E-state index in [1.807, 2.05) is 30.3 Å². The summed E-state index contributed by atoms with van der Waals surface area (Å²) in [5, 5.41) is 0. The van der Waals surface area contributed by atoms with Gasteiger partial charge in [-0.15, -0.1) is 0 Å². The zero-order valence-corrected chi connectivity index (χ0v) is 71.3. The van der Waals surface area contributed by atoms with E-state index in [1.54, 1.807) is 0 Å². The van der Waals surface area contributed by atoms with Gasteiger partial charge in [0.1, 0.15) is 46.0 Å². The molecule has 0 atom stereocenters. The van der Waals surface area contributed by atoms with Gasteiger partial charge in [0.05, 0.1) is 0 Å². The maximum absolute atomic E-state index is 7.30. The van der Waals surface area contributed by atoms with E-state index in [-0.39, 0.29) is 14.1 Å². The molecule has 0 spiro atoms. The number of hydrogen-bond acceptors (Lipinski definition) is 8. The molecule has 0 saturated carbocycles. The average Bonchev–Trinajstić information content (AvgIpc) is 0.704. The van der Waals surface area contributed by atoms with Crippen molar-refractivity contribution in [3.63, 3.8) is 0 Å². The smallest absolute Gasteiger partial charge is 0.260 e. The van der Waals surface area contributed by atoms with Crippen LogP contribution in [0, 0.1) is 55.4 Å². The lowest BCUT2D eigenvalue weighted by Crippen LogP contribution is -2.57. The monoisotopic (exact) mass is 1630 g/mol. The van der Waals surface area contributed by atoms with Crippen LogP contribution in [0.4, 0.5) is 68.2 Å². The molecule has 2 heterocycles. The maximum atomic E-state index is 7.30. The minimum atomic E-state index is -0.170. The van der Waals surface area contributed by atoms with Gasteiger partial charge in [-0.1, -0.05) is 295 Å². The van der Waals surface area contributed by atoms with Gasteiger partial charge in [-0.25, -0.2) is 0 Å². The van der Waals surface area contributed by atoms with Crippen molar-refractivity contribution in [1.82, 2.24) is 0 Å². The molecule has 0 aliphatic carbocycles. The predicted molar refractivity (Wildman–Crippen MR) is 529 cm³/mol. The summed E-state index contributed by atoms with van der Waals surface area (Å²) in [5.74, 6) is 6.05. The number of hydrogen-bond donors (Lipinski definition) is 0. The van der Waals surface area contributed by atoms with E-state index in [9.17, 15) is 0 Å². The normalized spacial score (nSPS) is 11.4. The zero-order chi connectivity index (χ0) is 85.0. The molecule has 0 bridgehead atoms. The SMILES string of the molecule is C.Cc1ccc(N(c2ccc(C)cc2)c2ccc3c(c2)Oc2c(-c4ccccc4)cc(-c4ccccc4)c4c2B3c2ccc(N(c3ccc(C)cc3)c3ccc(C)cc3)cc2O4)cc1.Cc1ccc(N(c2ccc(C)cc2)c2cccc(Oc3cc(Oc4cccc(N(c5ccc(C)cc5)c5ccc(C)cc5)c4)c(-c4ccccc4)cc3-c3ccccc3)c2)cc1. The highest BCUT2D eigenvalue weighted by molar-refractivity contribution is 6.98. The van der Waals surface area contributed by atoms with Gasteiger partial charge in [0.15, 0.2) is 0 Å². The van der Waals surface area contributed by atoms with Crippen molar-refractivity contribution < 1.29 is 18.9 Å². The van der Waals surface area contributed by atoms with Gasteiger partial charge in [0.2, 0.25) is 0 Å². The summed E-state index contributed by atoms with van der Waals surface area (Å²) in [5.41, 5.74) is 33.7. The van der Waals surface area contributed by atoms with Crippen LogP contribution in [0.1, 0.15) is 51.9 Å². The molecule has 18 aromatic carbocycles. The minimum absolute atomic E-state index is 0. The molecule has 0 saturated heterocycles. The van der Waals surface area contributed by atoms with Crippen molar-refractivity contribution in [3.05, 3.63) is 463 Å². The first-order valence-corrected chi connectivity index (χ1v) is 42.7. The summed E-state index contributed by atoms with van der Waals surface area (Å²) in [6.45, 7) is 16.8. The number of benzene rings is 18. The molecule has 612 valence electrons. The Morgan fingerprint density at radius 3 is 0.698 bits per heavy atom. The molecule has 20 rings (SSSR count). The zero-order valence-electron chi connectivity index (χ0n) is 71.3. The van der Waals surface area contributed by atoms with Gasteiger partial charge in [0, 0.05) is 126 Å². The molecule has 18 aromatic rings. The molecule has 0 unspecified atom stereocenters. The van der Waals surface area contributed by atoms with Crippen molar-refractivity contribution in [1.29, 1.82) is 0 Å². The van der Waals surface area contributed by atoms with E-state index < -0.39 is 0 Å². The predicted octanol–water partition coefficient (Wildman–Crippen LogP) is 31.3. The van der Waals surface area contributed by atoms with Gasteiger partial charge in [0.25, 0.3) is 6.71 Å². The van der Waals surface area contributed by atoms with Crippen molar-refractivity contribution in [2.45, 2.75) is 62.8 Å². The van der Waals surface area contributed by atoms with Crippen LogP contribution in [-0.4, -0.2) is 6.71 Å². The summed E-state index contributed by atoms with van der Waals surface area (Å²) in [7, 11) is 0. The number of anilines is 12. The fourth-order valence-electron chi connectivity index (χ4n) is 16.9. The van der Waals surface area contributed by atoms with Crippen LogP contribution in [0.25, 0.3) is 44.5 Å². The number of ether oxygens (including phenoxy) is 4. The summed E-state index contributed by atoms with van der Waals surface area (Å²) in [6.07, 6.45) is 0. The van der Waals surface area contributed by atoms with E-state index in [4.69, 9.17) is 18.9 Å². The number of rotatable bonds is 20. The highest BCUT2D eigenvalue weighted by atomic mass is 16.5. The van der Waals surface area contributed by atoms with Crippen LogP contribution in [0.2, 0.25) is 0 Å².